The molecule has 46 heavy (non-hydrogen) atoms. The van der Waals surface area contributed by atoms with E-state index in [0.717, 1.165) is 12.8 Å². The van der Waals surface area contributed by atoms with Gasteiger partial charge in [-0.2, -0.15) is 0 Å². The second-order valence-corrected chi connectivity index (χ2v) is 12.5. The zero-order chi connectivity index (χ0) is 30.5. The summed E-state index contributed by atoms with van der Waals surface area (Å²) in [5.74, 6) is 0.388. The number of fused-ring (bicyclic) bond motifs is 7. The Kier molecular flexibility index (Phi) is 6.42. The molecule has 1 aliphatic carbocycles. The number of hydrogen-bond donors (Lipinski definition) is 0. The van der Waals surface area contributed by atoms with Crippen molar-refractivity contribution in [3.05, 3.63) is 187 Å². The molecule has 7 aromatic carbocycles. The van der Waals surface area contributed by atoms with Crippen LogP contribution in [0.25, 0.3) is 60.9 Å². The van der Waals surface area contributed by atoms with Gasteiger partial charge >= 0.3 is 0 Å². The van der Waals surface area contributed by atoms with Gasteiger partial charge in [-0.05, 0) is 87.0 Å². The minimum Gasteiger partial charge on any atom is -0.309 e. The zero-order valence-electron chi connectivity index (χ0n) is 25.6. The molecule has 1 aromatic heterocycles. The highest BCUT2D eigenvalue weighted by Crippen LogP contribution is 2.46. The molecular weight excluding hydrogens is 555 g/mol. The number of para-hydroxylation sites is 1. The van der Waals surface area contributed by atoms with Gasteiger partial charge in [0.15, 0.2) is 0 Å². The number of nitrogens with zero attached hydrogens (tertiary/aromatic N) is 1. The van der Waals surface area contributed by atoms with Crippen LogP contribution in [0.1, 0.15) is 22.6 Å². The lowest BCUT2D eigenvalue weighted by atomic mass is 9.75. The van der Waals surface area contributed by atoms with Crippen LogP contribution in [-0.2, 0) is 12.8 Å². The average molecular weight is 588 g/mol. The molecule has 0 aliphatic heterocycles. The standard InChI is InChI=1S/C45H33N/c1-3-12-32(13-4-1)34-24-22-31(23-25-34)28-36-30-43-40(39-19-8-7-18-38(36)39)26-27-42-41-20-9-10-21-44(41)46(45(42)43)37-17-11-16-35(29-37)33-14-5-2-6-15-33/h1-27,29,36H,28,30H2. The molecule has 0 saturated carbocycles. The maximum atomic E-state index is 2.52. The van der Waals surface area contributed by atoms with Crippen molar-refractivity contribution in [2.75, 3.05) is 0 Å². The van der Waals surface area contributed by atoms with Gasteiger partial charge in [-0.1, -0.05) is 152 Å². The van der Waals surface area contributed by atoms with E-state index in [-0.39, 0.29) is 0 Å². The molecule has 8 aromatic rings. The number of aromatic nitrogens is 1. The van der Waals surface area contributed by atoms with Crippen LogP contribution < -0.4 is 0 Å². The van der Waals surface area contributed by atoms with E-state index >= 15 is 0 Å². The third-order valence-corrected chi connectivity index (χ3v) is 9.84. The minimum absolute atomic E-state index is 0.388. The molecule has 0 saturated heterocycles. The van der Waals surface area contributed by atoms with Gasteiger partial charge in [-0.25, -0.2) is 0 Å². The van der Waals surface area contributed by atoms with Crippen LogP contribution >= 0.6 is 0 Å². The van der Waals surface area contributed by atoms with E-state index in [1.54, 1.807) is 0 Å². The third-order valence-electron chi connectivity index (χ3n) is 9.84. The van der Waals surface area contributed by atoms with Gasteiger partial charge in [0.2, 0.25) is 0 Å². The van der Waals surface area contributed by atoms with Gasteiger partial charge in [0.05, 0.1) is 11.0 Å². The quantitative estimate of drug-likeness (QED) is 0.189. The molecule has 0 amide bonds. The second-order valence-electron chi connectivity index (χ2n) is 12.5. The highest BCUT2D eigenvalue weighted by Gasteiger charge is 2.28. The number of hydrogen-bond acceptors (Lipinski definition) is 0. The maximum absolute atomic E-state index is 2.52. The van der Waals surface area contributed by atoms with Crippen molar-refractivity contribution < 1.29 is 0 Å². The molecule has 0 fully saturated rings. The Bertz CT molecular complexity index is 2340. The molecular formula is C45H33N. The Balaban J connectivity index is 1.20. The fraction of sp³-hybridized carbons (Fsp3) is 0.0667. The van der Waals surface area contributed by atoms with Crippen LogP contribution in [0.5, 0.6) is 0 Å². The highest BCUT2D eigenvalue weighted by molar-refractivity contribution is 6.12. The minimum atomic E-state index is 0.388. The van der Waals surface area contributed by atoms with Crippen molar-refractivity contribution in [1.82, 2.24) is 4.57 Å². The molecule has 0 spiro atoms. The van der Waals surface area contributed by atoms with E-state index in [4.69, 9.17) is 0 Å². The lowest BCUT2D eigenvalue weighted by Crippen LogP contribution is -2.15. The van der Waals surface area contributed by atoms with Crippen molar-refractivity contribution in [1.29, 1.82) is 0 Å². The summed E-state index contributed by atoms with van der Waals surface area (Å²) < 4.78 is 2.52. The summed E-state index contributed by atoms with van der Waals surface area (Å²) >= 11 is 0. The first-order valence-electron chi connectivity index (χ1n) is 16.3. The topological polar surface area (TPSA) is 4.93 Å². The summed E-state index contributed by atoms with van der Waals surface area (Å²) in [5, 5.41) is 2.63. The smallest absolute Gasteiger partial charge is 0.0579 e. The van der Waals surface area contributed by atoms with Crippen molar-refractivity contribution in [3.8, 4) is 39.1 Å². The van der Waals surface area contributed by atoms with Gasteiger partial charge in [-0.3, -0.25) is 0 Å². The van der Waals surface area contributed by atoms with Crippen molar-refractivity contribution in [3.63, 3.8) is 0 Å². The van der Waals surface area contributed by atoms with Gasteiger partial charge in [0.25, 0.3) is 0 Å². The first kappa shape index (κ1) is 26.7. The lowest BCUT2D eigenvalue weighted by molar-refractivity contribution is 0.675. The van der Waals surface area contributed by atoms with E-state index in [0.29, 0.717) is 5.92 Å². The zero-order valence-corrected chi connectivity index (χ0v) is 25.6. The van der Waals surface area contributed by atoms with E-state index in [2.05, 4.69) is 174 Å². The number of rotatable bonds is 5. The monoisotopic (exact) mass is 587 g/mol. The Morgan fingerprint density at radius 2 is 1.13 bits per heavy atom. The van der Waals surface area contributed by atoms with Gasteiger partial charge in [0.1, 0.15) is 0 Å². The van der Waals surface area contributed by atoms with Crippen LogP contribution in [0.2, 0.25) is 0 Å². The van der Waals surface area contributed by atoms with Crippen LogP contribution in [0.4, 0.5) is 0 Å². The summed E-state index contributed by atoms with van der Waals surface area (Å²) in [6.07, 6.45) is 2.00. The summed E-state index contributed by atoms with van der Waals surface area (Å²) in [5.41, 5.74) is 15.8. The van der Waals surface area contributed by atoms with Gasteiger partial charge < -0.3 is 4.57 Å². The molecule has 0 bridgehead atoms. The molecule has 1 nitrogen and oxygen atoms in total. The number of benzene rings is 7. The fourth-order valence-corrected chi connectivity index (χ4v) is 7.69. The Labute approximate surface area is 270 Å². The van der Waals surface area contributed by atoms with Crippen LogP contribution in [0, 0.1) is 0 Å². The molecule has 1 atom stereocenters. The van der Waals surface area contributed by atoms with Crippen molar-refractivity contribution in [2.45, 2.75) is 18.8 Å². The predicted molar refractivity (Wildman–Crippen MR) is 194 cm³/mol. The normalized spacial score (nSPS) is 13.9. The van der Waals surface area contributed by atoms with Crippen LogP contribution in [-0.4, -0.2) is 4.57 Å². The van der Waals surface area contributed by atoms with Crippen molar-refractivity contribution in [2.24, 2.45) is 0 Å². The first-order chi connectivity index (χ1) is 22.8. The second kappa shape index (κ2) is 11.1. The average Bonchev–Trinajstić information content (AvgIpc) is 3.48. The van der Waals surface area contributed by atoms with E-state index in [1.807, 2.05) is 0 Å². The Morgan fingerprint density at radius 3 is 1.93 bits per heavy atom. The van der Waals surface area contributed by atoms with Crippen LogP contribution in [0.15, 0.2) is 170 Å². The van der Waals surface area contributed by atoms with Crippen molar-refractivity contribution >= 4 is 21.8 Å². The third kappa shape index (κ3) is 4.47. The Hall–Kier alpha value is -5.66. The van der Waals surface area contributed by atoms with Gasteiger partial charge in [0, 0.05) is 16.5 Å². The maximum Gasteiger partial charge on any atom is 0.0579 e. The lowest BCUT2D eigenvalue weighted by Gasteiger charge is -2.29. The molecule has 1 heterocycles. The molecule has 218 valence electrons. The summed E-state index contributed by atoms with van der Waals surface area (Å²) in [6.45, 7) is 0. The summed E-state index contributed by atoms with van der Waals surface area (Å²) in [7, 11) is 0. The molecule has 1 aliphatic rings. The van der Waals surface area contributed by atoms with Crippen LogP contribution in [0.3, 0.4) is 0 Å². The summed E-state index contributed by atoms with van der Waals surface area (Å²) in [4.78, 5) is 0. The highest BCUT2D eigenvalue weighted by atomic mass is 15.0. The van der Waals surface area contributed by atoms with E-state index in [1.165, 1.54) is 77.6 Å². The largest absolute Gasteiger partial charge is 0.309 e. The molecule has 0 N–H and O–H groups in total. The SMILES string of the molecule is c1ccc(-c2ccc(CC3Cc4c(ccc5c6ccccc6n(-c6cccc(-c7ccccc7)c6)c45)-c4ccccc43)cc2)cc1. The predicted octanol–water partition coefficient (Wildman–Crippen LogP) is 11.7. The fourth-order valence-electron chi connectivity index (χ4n) is 7.69. The first-order valence-corrected chi connectivity index (χ1v) is 16.3. The molecule has 1 unspecified atom stereocenters. The Morgan fingerprint density at radius 1 is 0.478 bits per heavy atom. The summed E-state index contributed by atoms with van der Waals surface area (Å²) in [6, 6.07) is 62.3. The van der Waals surface area contributed by atoms with E-state index in [9.17, 15) is 0 Å². The molecule has 0 radical (unpaired) electrons. The van der Waals surface area contributed by atoms with E-state index < -0.39 is 0 Å². The molecule has 1 heteroatoms. The molecule has 9 rings (SSSR count). The van der Waals surface area contributed by atoms with Gasteiger partial charge in [-0.15, -0.1) is 0 Å².